The monoisotopic (exact) mass is 365 g/mol. The fourth-order valence-corrected chi connectivity index (χ4v) is 2.41. The molecule has 6 nitrogen and oxygen atoms in total. The van der Waals surface area contributed by atoms with Crippen LogP contribution in [-0.4, -0.2) is 23.2 Å². The van der Waals surface area contributed by atoms with Crippen molar-refractivity contribution in [3.8, 4) is 11.5 Å². The normalized spacial score (nSPS) is 9.96. The number of methoxy groups -OCH3 is 1. The van der Waals surface area contributed by atoms with E-state index in [1.807, 2.05) is 0 Å². The van der Waals surface area contributed by atoms with Gasteiger partial charge in [0.05, 0.1) is 12.8 Å². The summed E-state index contributed by atoms with van der Waals surface area (Å²) in [4.78, 5) is 11.0. The van der Waals surface area contributed by atoms with Crippen molar-refractivity contribution in [1.29, 1.82) is 0 Å². The average molecular weight is 366 g/mol. The molecule has 0 saturated heterocycles. The number of hydrogen-bond acceptors (Lipinski definition) is 4. The van der Waals surface area contributed by atoms with E-state index in [2.05, 4.69) is 16.0 Å². The lowest BCUT2D eigenvalue weighted by molar-refractivity contribution is -0.114. The number of anilines is 3. The van der Waals surface area contributed by atoms with Gasteiger partial charge in [0.15, 0.2) is 5.11 Å². The second-order valence-electron chi connectivity index (χ2n) is 4.85. The Hall–Kier alpha value is -2.51. The first kappa shape index (κ1) is 17.8. The van der Waals surface area contributed by atoms with Crippen molar-refractivity contribution in [2.24, 2.45) is 0 Å². The second kappa shape index (κ2) is 7.85. The van der Waals surface area contributed by atoms with Crippen molar-refractivity contribution in [1.82, 2.24) is 0 Å². The molecule has 0 unspecified atom stereocenters. The largest absolute Gasteiger partial charge is 0.508 e. The van der Waals surface area contributed by atoms with Gasteiger partial charge in [-0.2, -0.15) is 0 Å². The summed E-state index contributed by atoms with van der Waals surface area (Å²) >= 11 is 11.4. The predicted octanol–water partition coefficient (Wildman–Crippen LogP) is 3.82. The van der Waals surface area contributed by atoms with E-state index in [0.29, 0.717) is 22.1 Å². The van der Waals surface area contributed by atoms with E-state index in [1.165, 1.54) is 26.2 Å². The van der Waals surface area contributed by atoms with Gasteiger partial charge in [-0.15, -0.1) is 0 Å². The lowest BCUT2D eigenvalue weighted by Gasteiger charge is -2.14. The third-order valence-corrected chi connectivity index (χ3v) is 3.55. The maximum Gasteiger partial charge on any atom is 0.221 e. The van der Waals surface area contributed by atoms with Crippen LogP contribution in [0.15, 0.2) is 36.4 Å². The van der Waals surface area contributed by atoms with Crippen LogP contribution in [-0.2, 0) is 4.79 Å². The number of amides is 1. The number of rotatable bonds is 4. The first-order valence-corrected chi connectivity index (χ1v) is 7.70. The van der Waals surface area contributed by atoms with E-state index >= 15 is 0 Å². The van der Waals surface area contributed by atoms with Crippen molar-refractivity contribution >= 4 is 51.9 Å². The van der Waals surface area contributed by atoms with Crippen molar-refractivity contribution in [3.05, 3.63) is 41.4 Å². The summed E-state index contributed by atoms with van der Waals surface area (Å²) in [6.07, 6.45) is 0. The lowest BCUT2D eigenvalue weighted by Crippen LogP contribution is -2.19. The topological polar surface area (TPSA) is 82.6 Å². The minimum absolute atomic E-state index is 0.00112. The summed E-state index contributed by atoms with van der Waals surface area (Å²) in [7, 11) is 1.46. The third-order valence-electron chi connectivity index (χ3n) is 2.96. The molecular weight excluding hydrogens is 350 g/mol. The number of carbonyl (C=O) groups excluding carboxylic acids is 1. The van der Waals surface area contributed by atoms with Crippen LogP contribution in [0.5, 0.6) is 11.5 Å². The Morgan fingerprint density at radius 1 is 1.12 bits per heavy atom. The second-order valence-corrected chi connectivity index (χ2v) is 5.63. The van der Waals surface area contributed by atoms with Crippen molar-refractivity contribution in [2.75, 3.05) is 23.1 Å². The molecule has 0 saturated carbocycles. The van der Waals surface area contributed by atoms with Gasteiger partial charge in [0.1, 0.15) is 16.5 Å². The smallest absolute Gasteiger partial charge is 0.221 e. The number of phenols is 1. The molecule has 0 atom stereocenters. The van der Waals surface area contributed by atoms with E-state index < -0.39 is 0 Å². The molecule has 0 aromatic heterocycles. The van der Waals surface area contributed by atoms with Gasteiger partial charge in [0, 0.05) is 30.4 Å². The molecule has 126 valence electrons. The fraction of sp³-hybridized carbons (Fsp3) is 0.125. The third kappa shape index (κ3) is 4.74. The minimum Gasteiger partial charge on any atom is -0.508 e. The van der Waals surface area contributed by atoms with Gasteiger partial charge in [-0.3, -0.25) is 4.79 Å². The highest BCUT2D eigenvalue weighted by molar-refractivity contribution is 7.80. The van der Waals surface area contributed by atoms with Gasteiger partial charge in [-0.05, 0) is 36.5 Å². The van der Waals surface area contributed by atoms with Crippen molar-refractivity contribution < 1.29 is 14.6 Å². The van der Waals surface area contributed by atoms with Crippen LogP contribution in [0.25, 0.3) is 0 Å². The predicted molar refractivity (Wildman–Crippen MR) is 100 cm³/mol. The summed E-state index contributed by atoms with van der Waals surface area (Å²) in [5.41, 5.74) is 1.83. The van der Waals surface area contributed by atoms with E-state index in [-0.39, 0.29) is 16.8 Å². The van der Waals surface area contributed by atoms with Gasteiger partial charge in [-0.1, -0.05) is 11.6 Å². The van der Waals surface area contributed by atoms with E-state index in [0.717, 1.165) is 5.69 Å². The van der Waals surface area contributed by atoms with Crippen LogP contribution in [0.3, 0.4) is 0 Å². The molecule has 0 fully saturated rings. The summed E-state index contributed by atoms with van der Waals surface area (Å²) < 4.78 is 5.08. The Labute approximate surface area is 149 Å². The molecule has 4 N–H and O–H groups in total. The Morgan fingerprint density at radius 3 is 2.25 bits per heavy atom. The van der Waals surface area contributed by atoms with Gasteiger partial charge in [-0.25, -0.2) is 0 Å². The number of phenolic OH excluding ortho intramolecular Hbond substituents is 1. The van der Waals surface area contributed by atoms with Crippen molar-refractivity contribution in [3.63, 3.8) is 0 Å². The molecule has 0 spiro atoms. The number of nitrogens with one attached hydrogen (secondary N) is 3. The Balaban J connectivity index is 2.06. The molecule has 1 amide bonds. The molecule has 24 heavy (non-hydrogen) atoms. The number of benzene rings is 2. The lowest BCUT2D eigenvalue weighted by atomic mass is 10.2. The molecule has 0 aliphatic carbocycles. The van der Waals surface area contributed by atoms with Crippen molar-refractivity contribution in [2.45, 2.75) is 6.92 Å². The molecule has 0 radical (unpaired) electrons. The molecule has 2 aromatic carbocycles. The number of ether oxygens (including phenoxy) is 1. The Morgan fingerprint density at radius 2 is 1.71 bits per heavy atom. The Bertz CT molecular complexity index is 766. The van der Waals surface area contributed by atoms with Crippen LogP contribution in [0, 0.1) is 0 Å². The number of halogens is 1. The van der Waals surface area contributed by atoms with Crippen LogP contribution in [0.4, 0.5) is 17.1 Å². The van der Waals surface area contributed by atoms with E-state index in [9.17, 15) is 9.90 Å². The summed E-state index contributed by atoms with van der Waals surface area (Å²) in [5.74, 6) is 0.197. The van der Waals surface area contributed by atoms with Crippen LogP contribution < -0.4 is 20.7 Å². The summed E-state index contributed by atoms with van der Waals surface area (Å²) in [6.45, 7) is 1.44. The molecule has 2 rings (SSSR count). The maximum atomic E-state index is 11.0. The molecule has 0 heterocycles. The SMILES string of the molecule is COc1cc(O)cc(NC(=S)Nc2ccc(NC(C)=O)cc2)c1Cl. The zero-order valence-corrected chi connectivity index (χ0v) is 14.6. The van der Waals surface area contributed by atoms with Crippen LogP contribution in [0.2, 0.25) is 5.02 Å². The summed E-state index contributed by atoms with van der Waals surface area (Å²) in [6, 6.07) is 9.88. The molecular formula is C16H16ClN3O3S. The highest BCUT2D eigenvalue weighted by Crippen LogP contribution is 2.36. The Kier molecular flexibility index (Phi) is 5.83. The maximum absolute atomic E-state index is 11.0. The number of thiocarbonyl (C=S) groups is 1. The van der Waals surface area contributed by atoms with Crippen LogP contribution in [0.1, 0.15) is 6.92 Å². The summed E-state index contributed by atoms with van der Waals surface area (Å²) in [5, 5.41) is 18.8. The van der Waals surface area contributed by atoms with Gasteiger partial charge in [0.25, 0.3) is 0 Å². The molecule has 2 aromatic rings. The highest BCUT2D eigenvalue weighted by Gasteiger charge is 2.11. The fourth-order valence-electron chi connectivity index (χ4n) is 1.95. The molecule has 0 aliphatic heterocycles. The quantitative estimate of drug-likeness (QED) is 0.616. The standard InChI is InChI=1S/C16H16ClN3O3S/c1-9(21)18-10-3-5-11(6-4-10)19-16(24)20-13-7-12(22)8-14(23-2)15(13)17/h3-8,22H,1-2H3,(H,18,21)(H2,19,20,24). The van der Waals surface area contributed by atoms with Gasteiger partial charge < -0.3 is 25.8 Å². The molecule has 8 heteroatoms. The first-order valence-electron chi connectivity index (χ1n) is 6.91. The first-order chi connectivity index (χ1) is 11.4. The molecule has 0 aliphatic rings. The number of aromatic hydroxyl groups is 1. The zero-order valence-electron chi connectivity index (χ0n) is 13.0. The van der Waals surface area contributed by atoms with Crippen LogP contribution >= 0.6 is 23.8 Å². The number of carbonyl (C=O) groups is 1. The van der Waals surface area contributed by atoms with E-state index in [4.69, 9.17) is 28.6 Å². The number of hydrogen-bond donors (Lipinski definition) is 4. The minimum atomic E-state index is -0.139. The zero-order chi connectivity index (χ0) is 17.7. The van der Waals surface area contributed by atoms with Gasteiger partial charge >= 0.3 is 0 Å². The van der Waals surface area contributed by atoms with Gasteiger partial charge in [0.2, 0.25) is 5.91 Å². The average Bonchev–Trinajstić information content (AvgIpc) is 2.52. The highest BCUT2D eigenvalue weighted by atomic mass is 35.5. The van der Waals surface area contributed by atoms with E-state index in [1.54, 1.807) is 24.3 Å². The molecule has 0 bridgehead atoms.